The van der Waals surface area contributed by atoms with Crippen LogP contribution in [-0.2, 0) is 4.79 Å². The van der Waals surface area contributed by atoms with Crippen LogP contribution in [0, 0.1) is 11.6 Å². The summed E-state index contributed by atoms with van der Waals surface area (Å²) in [5.74, 6) is -1.99. The minimum Gasteiger partial charge on any atom is -0.481 e. The molecule has 3 nitrogen and oxygen atoms in total. The molecule has 1 aromatic carbocycles. The number of halogens is 2. The SMILES string of the molecule is CC(Oc1ccc(F)c(F)c1)C(=O)NC1CCCCC1. The zero-order valence-corrected chi connectivity index (χ0v) is 11.5. The van der Waals surface area contributed by atoms with Gasteiger partial charge in [0, 0.05) is 12.1 Å². The van der Waals surface area contributed by atoms with Gasteiger partial charge >= 0.3 is 0 Å². The first-order valence-corrected chi connectivity index (χ1v) is 6.98. The average Bonchev–Trinajstić information content (AvgIpc) is 2.44. The van der Waals surface area contributed by atoms with E-state index in [0.717, 1.165) is 37.8 Å². The number of rotatable bonds is 4. The third-order valence-corrected chi connectivity index (χ3v) is 3.52. The van der Waals surface area contributed by atoms with Crippen LogP contribution in [0.15, 0.2) is 18.2 Å². The van der Waals surface area contributed by atoms with Gasteiger partial charge in [0.05, 0.1) is 0 Å². The molecule has 110 valence electrons. The second-order valence-corrected chi connectivity index (χ2v) is 5.18. The van der Waals surface area contributed by atoms with Gasteiger partial charge in [-0.05, 0) is 31.9 Å². The number of nitrogens with one attached hydrogen (secondary N) is 1. The van der Waals surface area contributed by atoms with Gasteiger partial charge in [0.25, 0.3) is 5.91 Å². The fourth-order valence-electron chi connectivity index (χ4n) is 2.37. The van der Waals surface area contributed by atoms with Crippen LogP contribution in [0.25, 0.3) is 0 Å². The number of benzene rings is 1. The van der Waals surface area contributed by atoms with Crippen LogP contribution in [-0.4, -0.2) is 18.1 Å². The third kappa shape index (κ3) is 3.92. The van der Waals surface area contributed by atoms with Crippen molar-refractivity contribution in [2.24, 2.45) is 0 Å². The third-order valence-electron chi connectivity index (χ3n) is 3.52. The number of carbonyl (C=O) groups is 1. The number of carbonyl (C=O) groups excluding carboxylic acids is 1. The first kappa shape index (κ1) is 14.8. The normalized spacial score (nSPS) is 17.6. The molecule has 1 aromatic rings. The van der Waals surface area contributed by atoms with Gasteiger partial charge in [0.2, 0.25) is 0 Å². The molecule has 2 rings (SSSR count). The van der Waals surface area contributed by atoms with Gasteiger partial charge in [-0.25, -0.2) is 8.78 Å². The standard InChI is InChI=1S/C15H19F2NO2/c1-10(15(19)18-11-5-3-2-4-6-11)20-12-7-8-13(16)14(17)9-12/h7-11H,2-6H2,1H3,(H,18,19). The van der Waals surface area contributed by atoms with E-state index in [1.807, 2.05) is 0 Å². The van der Waals surface area contributed by atoms with E-state index in [1.54, 1.807) is 6.92 Å². The van der Waals surface area contributed by atoms with Crippen molar-refractivity contribution in [1.29, 1.82) is 0 Å². The van der Waals surface area contributed by atoms with Crippen molar-refractivity contribution in [2.75, 3.05) is 0 Å². The molecule has 1 N–H and O–H groups in total. The molecule has 1 amide bonds. The Hall–Kier alpha value is -1.65. The maximum absolute atomic E-state index is 13.0. The van der Waals surface area contributed by atoms with Gasteiger partial charge in [-0.2, -0.15) is 0 Å². The number of hydrogen-bond acceptors (Lipinski definition) is 2. The highest BCUT2D eigenvalue weighted by molar-refractivity contribution is 5.81. The molecular weight excluding hydrogens is 264 g/mol. The van der Waals surface area contributed by atoms with Crippen LogP contribution in [0.5, 0.6) is 5.75 Å². The highest BCUT2D eigenvalue weighted by Gasteiger charge is 2.20. The Balaban J connectivity index is 1.88. The molecule has 0 bridgehead atoms. The number of ether oxygens (including phenoxy) is 1. The van der Waals surface area contributed by atoms with Gasteiger partial charge in [0.15, 0.2) is 17.7 Å². The van der Waals surface area contributed by atoms with Crippen LogP contribution < -0.4 is 10.1 Å². The molecule has 0 saturated heterocycles. The summed E-state index contributed by atoms with van der Waals surface area (Å²) >= 11 is 0. The summed E-state index contributed by atoms with van der Waals surface area (Å²) in [6, 6.07) is 3.44. The lowest BCUT2D eigenvalue weighted by Gasteiger charge is -2.24. The van der Waals surface area contributed by atoms with Gasteiger partial charge in [0.1, 0.15) is 5.75 Å². The molecule has 1 saturated carbocycles. The summed E-state index contributed by atoms with van der Waals surface area (Å²) in [5, 5.41) is 2.93. The Morgan fingerprint density at radius 1 is 1.25 bits per heavy atom. The van der Waals surface area contributed by atoms with Crippen molar-refractivity contribution in [2.45, 2.75) is 51.2 Å². The predicted octanol–water partition coefficient (Wildman–Crippen LogP) is 3.18. The summed E-state index contributed by atoms with van der Waals surface area (Å²) in [6.07, 6.45) is 4.72. The summed E-state index contributed by atoms with van der Waals surface area (Å²) in [4.78, 5) is 12.0. The maximum atomic E-state index is 13.0. The van der Waals surface area contributed by atoms with E-state index in [9.17, 15) is 13.6 Å². The van der Waals surface area contributed by atoms with E-state index in [2.05, 4.69) is 5.32 Å². The van der Waals surface area contributed by atoms with Crippen molar-refractivity contribution in [3.8, 4) is 5.75 Å². The molecule has 1 fully saturated rings. The van der Waals surface area contributed by atoms with Crippen molar-refractivity contribution >= 4 is 5.91 Å². The highest BCUT2D eigenvalue weighted by atomic mass is 19.2. The smallest absolute Gasteiger partial charge is 0.260 e. The topological polar surface area (TPSA) is 38.3 Å². The van der Waals surface area contributed by atoms with Crippen molar-refractivity contribution in [3.63, 3.8) is 0 Å². The molecule has 1 aliphatic carbocycles. The van der Waals surface area contributed by atoms with Gasteiger partial charge in [-0.3, -0.25) is 4.79 Å². The average molecular weight is 283 g/mol. The molecule has 5 heteroatoms. The zero-order chi connectivity index (χ0) is 14.5. The maximum Gasteiger partial charge on any atom is 0.260 e. The largest absolute Gasteiger partial charge is 0.481 e. The Morgan fingerprint density at radius 3 is 2.60 bits per heavy atom. The first-order chi connectivity index (χ1) is 9.56. The molecule has 20 heavy (non-hydrogen) atoms. The highest BCUT2D eigenvalue weighted by Crippen LogP contribution is 2.19. The van der Waals surface area contributed by atoms with Crippen LogP contribution >= 0.6 is 0 Å². The molecular formula is C15H19F2NO2. The fourth-order valence-corrected chi connectivity index (χ4v) is 2.37. The fraction of sp³-hybridized carbons (Fsp3) is 0.533. The number of amides is 1. The summed E-state index contributed by atoms with van der Waals surface area (Å²) in [5.41, 5.74) is 0. The van der Waals surface area contributed by atoms with E-state index in [1.165, 1.54) is 12.5 Å². The summed E-state index contributed by atoms with van der Waals surface area (Å²) < 4.78 is 31.2. The molecule has 1 atom stereocenters. The van der Waals surface area contributed by atoms with Crippen LogP contribution in [0.2, 0.25) is 0 Å². The van der Waals surface area contributed by atoms with E-state index in [-0.39, 0.29) is 17.7 Å². The van der Waals surface area contributed by atoms with Crippen LogP contribution in [0.4, 0.5) is 8.78 Å². The van der Waals surface area contributed by atoms with E-state index < -0.39 is 17.7 Å². The molecule has 0 radical (unpaired) electrons. The monoisotopic (exact) mass is 283 g/mol. The second-order valence-electron chi connectivity index (χ2n) is 5.18. The molecule has 0 aliphatic heterocycles. The Bertz CT molecular complexity index is 473. The summed E-state index contributed by atoms with van der Waals surface area (Å²) in [6.45, 7) is 1.60. The minimum absolute atomic E-state index is 0.148. The Kier molecular flexibility index (Phi) is 4.93. The lowest BCUT2D eigenvalue weighted by atomic mass is 9.95. The van der Waals surface area contributed by atoms with Crippen molar-refractivity contribution in [3.05, 3.63) is 29.8 Å². The summed E-state index contributed by atoms with van der Waals surface area (Å²) in [7, 11) is 0. The van der Waals surface area contributed by atoms with Gasteiger partial charge < -0.3 is 10.1 Å². The number of hydrogen-bond donors (Lipinski definition) is 1. The van der Waals surface area contributed by atoms with E-state index in [4.69, 9.17) is 4.74 Å². The second kappa shape index (κ2) is 6.68. The lowest BCUT2D eigenvalue weighted by Crippen LogP contribution is -2.43. The Morgan fingerprint density at radius 2 is 1.95 bits per heavy atom. The molecule has 0 spiro atoms. The predicted molar refractivity (Wildman–Crippen MR) is 71.5 cm³/mol. The van der Waals surface area contributed by atoms with Gasteiger partial charge in [-0.1, -0.05) is 19.3 Å². The lowest BCUT2D eigenvalue weighted by molar-refractivity contribution is -0.128. The van der Waals surface area contributed by atoms with Gasteiger partial charge in [-0.15, -0.1) is 0 Å². The molecule has 0 aromatic heterocycles. The zero-order valence-electron chi connectivity index (χ0n) is 11.5. The first-order valence-electron chi connectivity index (χ1n) is 6.98. The molecule has 1 aliphatic rings. The quantitative estimate of drug-likeness (QED) is 0.921. The Labute approximate surface area is 117 Å². The van der Waals surface area contributed by atoms with Crippen LogP contribution in [0.3, 0.4) is 0 Å². The van der Waals surface area contributed by atoms with Crippen LogP contribution in [0.1, 0.15) is 39.0 Å². The molecule has 0 heterocycles. The minimum atomic E-state index is -0.984. The van der Waals surface area contributed by atoms with Crippen molar-refractivity contribution < 1.29 is 18.3 Å². The van der Waals surface area contributed by atoms with E-state index >= 15 is 0 Å². The van der Waals surface area contributed by atoms with E-state index in [0.29, 0.717) is 0 Å². The molecule has 1 unspecified atom stereocenters. The van der Waals surface area contributed by atoms with Crippen molar-refractivity contribution in [1.82, 2.24) is 5.32 Å².